The zero-order valence-electron chi connectivity index (χ0n) is 12.4. The van der Waals surface area contributed by atoms with E-state index in [9.17, 15) is 4.39 Å². The van der Waals surface area contributed by atoms with Crippen LogP contribution in [0, 0.1) is 5.82 Å². The Hall–Kier alpha value is -2.64. The largest absolute Gasteiger partial charge is 0.369 e. The lowest BCUT2D eigenvalue weighted by molar-refractivity contribution is 0.373. The van der Waals surface area contributed by atoms with E-state index < -0.39 is 5.79 Å². The minimum Gasteiger partial charge on any atom is -0.369 e. The molecule has 0 aromatic heterocycles. The topological polar surface area (TPSA) is 91.7 Å². The molecule has 1 unspecified atom stereocenters. The number of nitrogens with two attached hydrogens (primary N) is 2. The zero-order chi connectivity index (χ0) is 16.0. The Bertz CT molecular complexity index is 780. The van der Waals surface area contributed by atoms with Gasteiger partial charge in [-0.3, -0.25) is 11.2 Å². The molecule has 0 fully saturated rings. The van der Waals surface area contributed by atoms with Gasteiger partial charge in [0, 0.05) is 18.7 Å². The smallest absolute Gasteiger partial charge is 0.209 e. The number of hydrogen-bond acceptors (Lipinski definition) is 6. The molecule has 6 N–H and O–H groups in total. The molecule has 2 aliphatic heterocycles. The Morgan fingerprint density at radius 1 is 1.13 bits per heavy atom. The van der Waals surface area contributed by atoms with Gasteiger partial charge in [0.1, 0.15) is 5.82 Å². The van der Waals surface area contributed by atoms with Gasteiger partial charge in [0.15, 0.2) is 0 Å². The van der Waals surface area contributed by atoms with Gasteiger partial charge < -0.3 is 10.6 Å². The van der Waals surface area contributed by atoms with Crippen LogP contribution in [-0.2, 0) is 18.9 Å². The van der Waals surface area contributed by atoms with Gasteiger partial charge in [0.05, 0.1) is 5.69 Å². The van der Waals surface area contributed by atoms with Crippen LogP contribution in [0.4, 0.5) is 10.1 Å². The number of anilines is 1. The average Bonchev–Trinajstić information content (AvgIpc) is 3.11. The molecule has 0 amide bonds. The summed E-state index contributed by atoms with van der Waals surface area (Å²) < 4.78 is 14.6. The highest BCUT2D eigenvalue weighted by Gasteiger charge is 2.32. The summed E-state index contributed by atoms with van der Waals surface area (Å²) in [7, 11) is 0. The van der Waals surface area contributed by atoms with Crippen LogP contribution in [-0.4, -0.2) is 5.96 Å². The van der Waals surface area contributed by atoms with Crippen molar-refractivity contribution in [1.82, 2.24) is 10.9 Å². The fourth-order valence-electron chi connectivity index (χ4n) is 3.05. The van der Waals surface area contributed by atoms with Crippen LogP contribution in [0.5, 0.6) is 0 Å². The first-order chi connectivity index (χ1) is 11.0. The molecular formula is C16H17FN6. The number of halogens is 1. The van der Waals surface area contributed by atoms with Crippen LogP contribution in [0.25, 0.3) is 0 Å². The van der Waals surface area contributed by atoms with Gasteiger partial charge in [-0.2, -0.15) is 5.43 Å². The molecule has 2 aromatic rings. The second-order valence-corrected chi connectivity index (χ2v) is 5.80. The van der Waals surface area contributed by atoms with Crippen LogP contribution in [0.1, 0.15) is 16.7 Å². The number of nitrogens with zero attached hydrogens (tertiary/aromatic N) is 2. The summed E-state index contributed by atoms with van der Waals surface area (Å²) in [6, 6.07) is 13.0. The van der Waals surface area contributed by atoms with Crippen LogP contribution >= 0.6 is 0 Å². The van der Waals surface area contributed by atoms with E-state index in [-0.39, 0.29) is 11.8 Å². The SMILES string of the molecule is NC1=NC(N)(c2ccc(N3Cc4ccccc4C3)c(F)c2)NN1. The molecule has 7 heteroatoms. The third-order valence-electron chi connectivity index (χ3n) is 4.25. The molecule has 0 spiro atoms. The van der Waals surface area contributed by atoms with Gasteiger partial charge in [-0.15, -0.1) is 0 Å². The number of rotatable bonds is 2. The summed E-state index contributed by atoms with van der Waals surface area (Å²) in [5.74, 6) is -1.41. The van der Waals surface area contributed by atoms with E-state index >= 15 is 0 Å². The first-order valence-corrected chi connectivity index (χ1v) is 7.34. The average molecular weight is 312 g/mol. The molecule has 2 aliphatic rings. The molecule has 118 valence electrons. The van der Waals surface area contributed by atoms with Crippen molar-refractivity contribution in [3.63, 3.8) is 0 Å². The number of aliphatic imine (C=N–C) groups is 1. The number of nitrogens with one attached hydrogen (secondary N) is 2. The lowest BCUT2D eigenvalue weighted by atomic mass is 10.1. The van der Waals surface area contributed by atoms with E-state index in [0.717, 1.165) is 0 Å². The minimum atomic E-state index is -1.25. The second-order valence-electron chi connectivity index (χ2n) is 5.80. The Labute approximate surface area is 133 Å². The highest BCUT2D eigenvalue weighted by molar-refractivity contribution is 5.79. The van der Waals surface area contributed by atoms with Crippen molar-refractivity contribution in [2.24, 2.45) is 16.5 Å². The van der Waals surface area contributed by atoms with E-state index in [4.69, 9.17) is 11.5 Å². The molecule has 0 saturated carbocycles. The predicted molar refractivity (Wildman–Crippen MR) is 86.5 cm³/mol. The van der Waals surface area contributed by atoms with E-state index in [2.05, 4.69) is 28.0 Å². The first-order valence-electron chi connectivity index (χ1n) is 7.34. The summed E-state index contributed by atoms with van der Waals surface area (Å²) >= 11 is 0. The third kappa shape index (κ3) is 2.30. The zero-order valence-corrected chi connectivity index (χ0v) is 12.4. The van der Waals surface area contributed by atoms with Crippen LogP contribution in [0.15, 0.2) is 47.5 Å². The monoisotopic (exact) mass is 312 g/mol. The lowest BCUT2D eigenvalue weighted by Gasteiger charge is -2.23. The molecule has 0 bridgehead atoms. The maximum Gasteiger partial charge on any atom is 0.209 e. The van der Waals surface area contributed by atoms with Gasteiger partial charge in [-0.1, -0.05) is 30.3 Å². The van der Waals surface area contributed by atoms with E-state index in [1.165, 1.54) is 17.2 Å². The Balaban J connectivity index is 1.63. The number of hydrazine groups is 1. The molecule has 1 atom stereocenters. The minimum absolute atomic E-state index is 0.173. The number of guanidine groups is 1. The first kappa shape index (κ1) is 14.0. The molecular weight excluding hydrogens is 295 g/mol. The van der Waals surface area contributed by atoms with Crippen molar-refractivity contribution in [3.8, 4) is 0 Å². The molecule has 0 saturated heterocycles. The lowest BCUT2D eigenvalue weighted by Crippen LogP contribution is -2.50. The molecule has 2 aromatic carbocycles. The second kappa shape index (κ2) is 4.94. The van der Waals surface area contributed by atoms with Gasteiger partial charge in [0.2, 0.25) is 11.7 Å². The molecule has 0 radical (unpaired) electrons. The maximum absolute atomic E-state index is 14.6. The highest BCUT2D eigenvalue weighted by Crippen LogP contribution is 2.32. The predicted octanol–water partition coefficient (Wildman–Crippen LogP) is 0.837. The molecule has 6 nitrogen and oxygen atoms in total. The van der Waals surface area contributed by atoms with Crippen molar-refractivity contribution in [2.45, 2.75) is 18.9 Å². The van der Waals surface area contributed by atoms with Crippen LogP contribution < -0.4 is 27.2 Å². The van der Waals surface area contributed by atoms with E-state index in [1.807, 2.05) is 17.0 Å². The fraction of sp³-hybridized carbons (Fsp3) is 0.188. The van der Waals surface area contributed by atoms with Crippen LogP contribution in [0.2, 0.25) is 0 Å². The van der Waals surface area contributed by atoms with Gasteiger partial charge in [0.25, 0.3) is 0 Å². The summed E-state index contributed by atoms with van der Waals surface area (Å²) in [5, 5.41) is 0. The highest BCUT2D eigenvalue weighted by atomic mass is 19.1. The molecule has 2 heterocycles. The normalized spacial score (nSPS) is 22.7. The molecule has 23 heavy (non-hydrogen) atoms. The fourth-order valence-corrected chi connectivity index (χ4v) is 3.05. The van der Waals surface area contributed by atoms with Crippen molar-refractivity contribution in [3.05, 3.63) is 65.0 Å². The Morgan fingerprint density at radius 2 is 1.83 bits per heavy atom. The number of benzene rings is 2. The van der Waals surface area contributed by atoms with Crippen molar-refractivity contribution in [1.29, 1.82) is 0 Å². The van der Waals surface area contributed by atoms with Crippen LogP contribution in [0.3, 0.4) is 0 Å². The molecule has 0 aliphatic carbocycles. The van der Waals surface area contributed by atoms with E-state index in [0.29, 0.717) is 24.3 Å². The summed E-state index contributed by atoms with van der Waals surface area (Å²) in [5.41, 5.74) is 20.5. The van der Waals surface area contributed by atoms with Gasteiger partial charge in [-0.05, 0) is 23.3 Å². The standard InChI is InChI=1S/C16H17FN6/c17-13-7-12(16(19)20-15(18)21-22-16)5-6-14(13)23-8-10-3-1-2-4-11(10)9-23/h1-7,22H,8-9,19H2,(H3,18,20,21). The number of fused-ring (bicyclic) bond motifs is 1. The van der Waals surface area contributed by atoms with Crippen molar-refractivity contribution >= 4 is 11.6 Å². The number of hydrogen-bond donors (Lipinski definition) is 4. The summed E-state index contributed by atoms with van der Waals surface area (Å²) in [6.07, 6.45) is 0. The maximum atomic E-state index is 14.6. The quantitative estimate of drug-likeness (QED) is 0.659. The van der Waals surface area contributed by atoms with Gasteiger partial charge >= 0.3 is 0 Å². The third-order valence-corrected chi connectivity index (χ3v) is 4.25. The van der Waals surface area contributed by atoms with Gasteiger partial charge in [-0.25, -0.2) is 9.38 Å². The Morgan fingerprint density at radius 3 is 2.39 bits per heavy atom. The van der Waals surface area contributed by atoms with Crippen molar-refractivity contribution in [2.75, 3.05) is 4.90 Å². The summed E-state index contributed by atoms with van der Waals surface area (Å²) in [6.45, 7) is 1.40. The molecule has 4 rings (SSSR count). The summed E-state index contributed by atoms with van der Waals surface area (Å²) in [4.78, 5) is 6.07. The Kier molecular flexibility index (Phi) is 3.00. The van der Waals surface area contributed by atoms with E-state index in [1.54, 1.807) is 12.1 Å². The van der Waals surface area contributed by atoms with Crippen molar-refractivity contribution < 1.29 is 4.39 Å².